The molecule has 24 heavy (non-hydrogen) atoms. The van der Waals surface area contributed by atoms with Crippen molar-refractivity contribution in [3.05, 3.63) is 34.9 Å². The van der Waals surface area contributed by atoms with E-state index in [2.05, 4.69) is 13.8 Å². The molecule has 6 nitrogen and oxygen atoms in total. The highest BCUT2D eigenvalue weighted by Crippen LogP contribution is 2.29. The molecule has 130 valence electrons. The third-order valence-corrected chi connectivity index (χ3v) is 4.94. The zero-order valence-corrected chi connectivity index (χ0v) is 14.9. The summed E-state index contributed by atoms with van der Waals surface area (Å²) < 4.78 is 0. The number of rotatable bonds is 1. The monoisotopic (exact) mass is 351 g/mol. The van der Waals surface area contributed by atoms with Crippen molar-refractivity contribution in [3.8, 4) is 0 Å². The van der Waals surface area contributed by atoms with Crippen LogP contribution in [0.5, 0.6) is 0 Å². The van der Waals surface area contributed by atoms with Crippen LogP contribution in [0.25, 0.3) is 0 Å². The fraction of sp³-hybridized carbons (Fsp3) is 0.471. The van der Waals surface area contributed by atoms with Crippen LogP contribution in [0.15, 0.2) is 18.2 Å². The molecule has 2 aliphatic rings. The van der Waals surface area contributed by atoms with E-state index in [-0.39, 0.29) is 41.6 Å². The fourth-order valence-electron chi connectivity index (χ4n) is 3.22. The van der Waals surface area contributed by atoms with E-state index in [0.717, 1.165) is 11.3 Å². The number of halogens is 1. The molecule has 0 radical (unpaired) electrons. The van der Waals surface area contributed by atoms with E-state index in [0.29, 0.717) is 29.8 Å². The first-order chi connectivity index (χ1) is 10.7. The lowest BCUT2D eigenvalue weighted by atomic mass is 9.79. The van der Waals surface area contributed by atoms with Gasteiger partial charge in [0.2, 0.25) is 0 Å². The molecule has 2 aliphatic heterocycles. The Morgan fingerprint density at radius 1 is 1.21 bits per heavy atom. The Hall–Kier alpha value is -1.92. The molecular formula is C17H22ClN3O3. The first-order valence-corrected chi connectivity index (χ1v) is 7.73. The SMILES string of the molecule is CN1C(=O)c2ccc(C(=O)N3CCC(N)C(C)(C)C3)cc2C1=O.Cl. The van der Waals surface area contributed by atoms with Crippen LogP contribution in [0.1, 0.15) is 51.3 Å². The maximum absolute atomic E-state index is 12.7. The average molecular weight is 352 g/mol. The minimum atomic E-state index is -0.361. The van der Waals surface area contributed by atoms with Crippen LogP contribution in [0.4, 0.5) is 0 Å². The normalized spacial score (nSPS) is 22.2. The van der Waals surface area contributed by atoms with Gasteiger partial charge in [0.25, 0.3) is 17.7 Å². The Balaban J connectivity index is 0.00000208. The molecule has 0 spiro atoms. The zero-order valence-electron chi connectivity index (χ0n) is 14.0. The number of likely N-dealkylation sites (tertiary alicyclic amines) is 1. The molecule has 0 aromatic heterocycles. The predicted octanol–water partition coefficient (Wildman–Crippen LogP) is 1.53. The number of fused-ring (bicyclic) bond motifs is 1. The molecule has 3 rings (SSSR count). The first-order valence-electron chi connectivity index (χ1n) is 7.73. The van der Waals surface area contributed by atoms with Gasteiger partial charge in [0.15, 0.2) is 0 Å². The van der Waals surface area contributed by atoms with Crippen molar-refractivity contribution in [2.75, 3.05) is 20.1 Å². The van der Waals surface area contributed by atoms with Crippen molar-refractivity contribution in [3.63, 3.8) is 0 Å². The van der Waals surface area contributed by atoms with Crippen LogP contribution in [0, 0.1) is 5.41 Å². The van der Waals surface area contributed by atoms with Gasteiger partial charge in [0, 0.05) is 31.7 Å². The van der Waals surface area contributed by atoms with Crippen LogP contribution >= 0.6 is 12.4 Å². The van der Waals surface area contributed by atoms with Crippen LogP contribution in [0.2, 0.25) is 0 Å². The second kappa shape index (κ2) is 6.18. The summed E-state index contributed by atoms with van der Waals surface area (Å²) in [6.07, 6.45) is 0.754. The van der Waals surface area contributed by atoms with Crippen LogP contribution in [-0.4, -0.2) is 53.7 Å². The first kappa shape index (κ1) is 18.4. The van der Waals surface area contributed by atoms with Gasteiger partial charge in [-0.15, -0.1) is 12.4 Å². The van der Waals surface area contributed by atoms with E-state index in [1.54, 1.807) is 17.0 Å². The van der Waals surface area contributed by atoms with Crippen LogP contribution < -0.4 is 5.73 Å². The number of carbonyl (C=O) groups is 3. The van der Waals surface area contributed by atoms with Crippen molar-refractivity contribution in [1.82, 2.24) is 9.80 Å². The van der Waals surface area contributed by atoms with Crippen molar-refractivity contribution in [2.24, 2.45) is 11.1 Å². The number of hydrogen-bond donors (Lipinski definition) is 1. The molecule has 0 saturated carbocycles. The minimum absolute atomic E-state index is 0. The number of imide groups is 1. The Kier molecular flexibility index (Phi) is 4.74. The Morgan fingerprint density at radius 2 is 1.83 bits per heavy atom. The van der Waals surface area contributed by atoms with E-state index in [4.69, 9.17) is 5.73 Å². The summed E-state index contributed by atoms with van der Waals surface area (Å²) in [6.45, 7) is 5.29. The summed E-state index contributed by atoms with van der Waals surface area (Å²) in [5, 5.41) is 0. The third-order valence-electron chi connectivity index (χ3n) is 4.94. The Labute approximate surface area is 147 Å². The second-order valence-electron chi connectivity index (χ2n) is 7.04. The molecule has 1 fully saturated rings. The molecule has 0 bridgehead atoms. The van der Waals surface area contributed by atoms with E-state index >= 15 is 0 Å². The number of nitrogens with zero attached hydrogens (tertiary/aromatic N) is 2. The molecule has 7 heteroatoms. The highest BCUT2D eigenvalue weighted by Gasteiger charge is 2.37. The van der Waals surface area contributed by atoms with Gasteiger partial charge in [-0.25, -0.2) is 0 Å². The van der Waals surface area contributed by atoms with Gasteiger partial charge in [-0.3, -0.25) is 19.3 Å². The molecule has 1 atom stereocenters. The molecule has 2 N–H and O–H groups in total. The van der Waals surface area contributed by atoms with Gasteiger partial charge >= 0.3 is 0 Å². The number of hydrogen-bond acceptors (Lipinski definition) is 4. The summed E-state index contributed by atoms with van der Waals surface area (Å²) in [6, 6.07) is 4.78. The smallest absolute Gasteiger partial charge is 0.261 e. The molecule has 1 aromatic carbocycles. The Bertz CT molecular complexity index is 717. The van der Waals surface area contributed by atoms with Gasteiger partial charge in [-0.1, -0.05) is 13.8 Å². The van der Waals surface area contributed by atoms with Crippen molar-refractivity contribution in [2.45, 2.75) is 26.3 Å². The van der Waals surface area contributed by atoms with Gasteiger partial charge in [0.1, 0.15) is 0 Å². The standard InChI is InChI=1S/C17H21N3O3.ClH/c1-17(2)9-20(7-6-13(17)18)14(21)10-4-5-11-12(8-10)16(23)19(3)15(11)22;/h4-5,8,13H,6-7,9,18H2,1-3H3;1H. The number of amides is 3. The van der Waals surface area contributed by atoms with E-state index < -0.39 is 0 Å². The summed E-state index contributed by atoms with van der Waals surface area (Å²) in [4.78, 5) is 39.6. The number of benzene rings is 1. The van der Waals surface area contributed by atoms with Crippen LogP contribution in [0.3, 0.4) is 0 Å². The minimum Gasteiger partial charge on any atom is -0.338 e. The highest BCUT2D eigenvalue weighted by molar-refractivity contribution is 6.21. The molecule has 1 aromatic rings. The zero-order chi connectivity index (χ0) is 16.9. The Morgan fingerprint density at radius 3 is 2.46 bits per heavy atom. The van der Waals surface area contributed by atoms with Crippen molar-refractivity contribution >= 4 is 30.1 Å². The van der Waals surface area contributed by atoms with Crippen molar-refractivity contribution < 1.29 is 14.4 Å². The van der Waals surface area contributed by atoms with Gasteiger partial charge in [0.05, 0.1) is 11.1 Å². The van der Waals surface area contributed by atoms with Gasteiger partial charge in [-0.2, -0.15) is 0 Å². The molecule has 1 unspecified atom stereocenters. The van der Waals surface area contributed by atoms with E-state index in [1.165, 1.54) is 13.1 Å². The second-order valence-corrected chi connectivity index (χ2v) is 7.04. The van der Waals surface area contributed by atoms with E-state index in [9.17, 15) is 14.4 Å². The summed E-state index contributed by atoms with van der Waals surface area (Å²) in [5.41, 5.74) is 7.06. The fourth-order valence-corrected chi connectivity index (χ4v) is 3.22. The maximum Gasteiger partial charge on any atom is 0.261 e. The number of carbonyl (C=O) groups excluding carboxylic acids is 3. The number of piperidine rings is 1. The third kappa shape index (κ3) is 2.80. The lowest BCUT2D eigenvalue weighted by molar-refractivity contribution is 0.0532. The maximum atomic E-state index is 12.7. The van der Waals surface area contributed by atoms with Crippen molar-refractivity contribution in [1.29, 1.82) is 0 Å². The molecular weight excluding hydrogens is 330 g/mol. The van der Waals surface area contributed by atoms with Crippen LogP contribution in [-0.2, 0) is 0 Å². The summed E-state index contributed by atoms with van der Waals surface area (Å²) in [5.74, 6) is -0.808. The largest absolute Gasteiger partial charge is 0.338 e. The molecule has 1 saturated heterocycles. The number of nitrogens with two attached hydrogens (primary N) is 1. The molecule has 3 amide bonds. The molecule has 0 aliphatic carbocycles. The predicted molar refractivity (Wildman–Crippen MR) is 92.4 cm³/mol. The lowest BCUT2D eigenvalue weighted by Gasteiger charge is -2.42. The lowest BCUT2D eigenvalue weighted by Crippen LogP contribution is -2.54. The summed E-state index contributed by atoms with van der Waals surface area (Å²) in [7, 11) is 1.45. The molecule has 2 heterocycles. The van der Waals surface area contributed by atoms with E-state index in [1.807, 2.05) is 0 Å². The topological polar surface area (TPSA) is 83.7 Å². The average Bonchev–Trinajstić information content (AvgIpc) is 2.73. The summed E-state index contributed by atoms with van der Waals surface area (Å²) >= 11 is 0. The van der Waals surface area contributed by atoms with Gasteiger partial charge in [-0.05, 0) is 30.0 Å². The van der Waals surface area contributed by atoms with Gasteiger partial charge < -0.3 is 10.6 Å². The highest BCUT2D eigenvalue weighted by atomic mass is 35.5. The quantitative estimate of drug-likeness (QED) is 0.778.